The monoisotopic (exact) mass is 586 g/mol. The van der Waals surface area contributed by atoms with Crippen LogP contribution in [0.3, 0.4) is 0 Å². The molecule has 0 spiro atoms. The first-order valence-electron chi connectivity index (χ1n) is 10.7. The standard InChI is InChI=1S/C26H20BrClN2O5S/c1-15(34-18-10-8-17(27)9-11-18)25(31)30-29-14-16-7-12-20(21(13-16)33-2)35-26(32)24-23(28)19-5-3-4-6-22(19)36-24/h3-15H,1-2H3,(H,30,31). The lowest BCUT2D eigenvalue weighted by Crippen LogP contribution is -2.33. The number of nitrogens with one attached hydrogen (secondary N) is 1. The number of thiophene rings is 1. The van der Waals surface area contributed by atoms with Gasteiger partial charge in [-0.15, -0.1) is 11.3 Å². The predicted octanol–water partition coefficient (Wildman–Crippen LogP) is 6.46. The number of ether oxygens (including phenoxy) is 3. The van der Waals surface area contributed by atoms with E-state index in [4.69, 9.17) is 25.8 Å². The fourth-order valence-electron chi connectivity index (χ4n) is 3.17. The molecule has 0 fully saturated rings. The zero-order valence-corrected chi connectivity index (χ0v) is 22.3. The maximum Gasteiger partial charge on any atom is 0.355 e. The number of hydrazone groups is 1. The van der Waals surface area contributed by atoms with Crippen molar-refractivity contribution in [3.8, 4) is 17.2 Å². The molecule has 36 heavy (non-hydrogen) atoms. The topological polar surface area (TPSA) is 86.2 Å². The molecule has 0 aliphatic rings. The Labute approximate surface area is 224 Å². The Bertz CT molecular complexity index is 1440. The second kappa shape index (κ2) is 11.6. The van der Waals surface area contributed by atoms with Crippen molar-refractivity contribution in [1.82, 2.24) is 5.43 Å². The number of benzene rings is 3. The fourth-order valence-corrected chi connectivity index (χ4v) is 4.82. The van der Waals surface area contributed by atoms with Gasteiger partial charge in [-0.3, -0.25) is 4.79 Å². The lowest BCUT2D eigenvalue weighted by Gasteiger charge is -2.13. The molecule has 0 aliphatic carbocycles. The first-order valence-corrected chi connectivity index (χ1v) is 12.7. The summed E-state index contributed by atoms with van der Waals surface area (Å²) in [6.45, 7) is 1.63. The Morgan fingerprint density at radius 1 is 1.08 bits per heavy atom. The van der Waals surface area contributed by atoms with Gasteiger partial charge in [-0.05, 0) is 61.0 Å². The van der Waals surface area contributed by atoms with E-state index < -0.39 is 18.0 Å². The van der Waals surface area contributed by atoms with Crippen LogP contribution in [-0.4, -0.2) is 31.3 Å². The highest BCUT2D eigenvalue weighted by molar-refractivity contribution is 9.10. The van der Waals surface area contributed by atoms with Crippen molar-refractivity contribution in [2.24, 2.45) is 5.10 Å². The summed E-state index contributed by atoms with van der Waals surface area (Å²) < 4.78 is 18.3. The van der Waals surface area contributed by atoms with Crippen molar-refractivity contribution in [2.45, 2.75) is 13.0 Å². The molecule has 3 aromatic carbocycles. The average molecular weight is 588 g/mol. The number of hydrogen-bond donors (Lipinski definition) is 1. The minimum absolute atomic E-state index is 0.230. The molecule has 4 aromatic rings. The van der Waals surface area contributed by atoms with Gasteiger partial charge in [0.05, 0.1) is 18.3 Å². The van der Waals surface area contributed by atoms with Crippen molar-refractivity contribution in [2.75, 3.05) is 7.11 Å². The van der Waals surface area contributed by atoms with Gasteiger partial charge in [-0.1, -0.05) is 45.7 Å². The van der Waals surface area contributed by atoms with Crippen LogP contribution in [0.25, 0.3) is 10.1 Å². The zero-order valence-electron chi connectivity index (χ0n) is 19.2. The number of carbonyl (C=O) groups is 2. The molecule has 0 bridgehead atoms. The molecule has 184 valence electrons. The summed E-state index contributed by atoms with van der Waals surface area (Å²) in [6.07, 6.45) is 0.696. The summed E-state index contributed by atoms with van der Waals surface area (Å²) in [4.78, 5) is 25.4. The van der Waals surface area contributed by atoms with Gasteiger partial charge < -0.3 is 14.2 Å². The number of rotatable bonds is 8. The minimum atomic E-state index is -0.750. The Hall–Kier alpha value is -3.40. The Morgan fingerprint density at radius 2 is 1.83 bits per heavy atom. The molecule has 10 heteroatoms. The van der Waals surface area contributed by atoms with E-state index >= 15 is 0 Å². The van der Waals surface area contributed by atoms with Gasteiger partial charge in [0.15, 0.2) is 17.6 Å². The third-order valence-corrected chi connectivity index (χ3v) is 7.18. The van der Waals surface area contributed by atoms with Crippen LogP contribution in [0.4, 0.5) is 0 Å². The van der Waals surface area contributed by atoms with E-state index in [1.807, 2.05) is 36.4 Å². The van der Waals surface area contributed by atoms with Crippen LogP contribution in [0, 0.1) is 0 Å². The third-order valence-electron chi connectivity index (χ3n) is 4.99. The molecular weight excluding hydrogens is 568 g/mol. The first kappa shape index (κ1) is 25.7. The Kier molecular flexibility index (Phi) is 8.25. The van der Waals surface area contributed by atoms with Crippen LogP contribution in [0.2, 0.25) is 5.02 Å². The molecule has 1 unspecified atom stereocenters. The molecule has 1 N–H and O–H groups in total. The molecule has 0 saturated carbocycles. The number of nitrogens with zero attached hydrogens (tertiary/aromatic N) is 1. The summed E-state index contributed by atoms with van der Waals surface area (Å²) in [6, 6.07) is 19.5. The predicted molar refractivity (Wildman–Crippen MR) is 145 cm³/mol. The molecule has 7 nitrogen and oxygen atoms in total. The van der Waals surface area contributed by atoms with Crippen molar-refractivity contribution in [3.05, 3.63) is 86.7 Å². The van der Waals surface area contributed by atoms with E-state index in [9.17, 15) is 9.59 Å². The van der Waals surface area contributed by atoms with Crippen molar-refractivity contribution in [1.29, 1.82) is 0 Å². The van der Waals surface area contributed by atoms with Crippen LogP contribution in [0.1, 0.15) is 22.2 Å². The molecule has 0 saturated heterocycles. The highest BCUT2D eigenvalue weighted by Gasteiger charge is 2.20. The molecule has 1 aromatic heterocycles. The highest BCUT2D eigenvalue weighted by atomic mass is 79.9. The average Bonchev–Trinajstić information content (AvgIpc) is 3.22. The summed E-state index contributed by atoms with van der Waals surface area (Å²) in [5.41, 5.74) is 3.06. The number of halogens is 2. The minimum Gasteiger partial charge on any atom is -0.493 e. The fraction of sp³-hybridized carbons (Fsp3) is 0.115. The van der Waals surface area contributed by atoms with Crippen LogP contribution in [-0.2, 0) is 4.79 Å². The van der Waals surface area contributed by atoms with Gasteiger partial charge in [0.1, 0.15) is 10.6 Å². The van der Waals surface area contributed by atoms with Crippen molar-refractivity contribution in [3.63, 3.8) is 0 Å². The third kappa shape index (κ3) is 6.04. The van der Waals surface area contributed by atoms with Gasteiger partial charge in [0.2, 0.25) is 0 Å². The van der Waals surface area contributed by atoms with Gasteiger partial charge in [-0.25, -0.2) is 10.2 Å². The molecule has 0 aliphatic heterocycles. The maximum absolute atomic E-state index is 12.8. The Balaban J connectivity index is 1.39. The van der Waals surface area contributed by atoms with E-state index in [0.29, 0.717) is 27.0 Å². The maximum atomic E-state index is 12.8. The number of amides is 1. The quantitative estimate of drug-likeness (QED) is 0.111. The Morgan fingerprint density at radius 3 is 2.56 bits per heavy atom. The molecular formula is C26H20BrClN2O5S. The van der Waals surface area contributed by atoms with Gasteiger partial charge >= 0.3 is 5.97 Å². The van der Waals surface area contributed by atoms with E-state index in [1.54, 1.807) is 37.3 Å². The van der Waals surface area contributed by atoms with Crippen LogP contribution in [0.15, 0.2) is 76.3 Å². The van der Waals surface area contributed by atoms with Crippen LogP contribution in [0.5, 0.6) is 17.2 Å². The lowest BCUT2D eigenvalue weighted by atomic mass is 10.2. The molecule has 1 amide bonds. The lowest BCUT2D eigenvalue weighted by molar-refractivity contribution is -0.127. The van der Waals surface area contributed by atoms with E-state index in [0.717, 1.165) is 14.6 Å². The number of esters is 1. The van der Waals surface area contributed by atoms with Gasteiger partial charge in [0.25, 0.3) is 5.91 Å². The second-order valence-electron chi connectivity index (χ2n) is 7.49. The smallest absolute Gasteiger partial charge is 0.355 e. The second-order valence-corrected chi connectivity index (χ2v) is 9.84. The molecule has 4 rings (SSSR count). The number of hydrogen-bond acceptors (Lipinski definition) is 7. The van der Waals surface area contributed by atoms with E-state index in [2.05, 4.69) is 26.5 Å². The highest BCUT2D eigenvalue weighted by Crippen LogP contribution is 2.37. The normalized spacial score (nSPS) is 11.9. The first-order chi connectivity index (χ1) is 17.4. The van der Waals surface area contributed by atoms with E-state index in [-0.39, 0.29) is 5.75 Å². The van der Waals surface area contributed by atoms with Gasteiger partial charge in [0, 0.05) is 14.6 Å². The molecule has 1 atom stereocenters. The molecule has 1 heterocycles. The van der Waals surface area contributed by atoms with Gasteiger partial charge in [-0.2, -0.15) is 5.10 Å². The van der Waals surface area contributed by atoms with Crippen LogP contribution >= 0.6 is 38.9 Å². The largest absolute Gasteiger partial charge is 0.493 e. The SMILES string of the molecule is COc1cc(C=NNC(=O)C(C)Oc2ccc(Br)cc2)ccc1OC(=O)c1sc2ccccc2c1Cl. The summed E-state index contributed by atoms with van der Waals surface area (Å²) >= 11 is 11.0. The summed E-state index contributed by atoms with van der Waals surface area (Å²) in [5.74, 6) is 0.132. The van der Waals surface area contributed by atoms with Crippen molar-refractivity contribution >= 4 is 67.0 Å². The number of methoxy groups -OCH3 is 1. The van der Waals surface area contributed by atoms with Crippen LogP contribution < -0.4 is 19.6 Å². The number of carbonyl (C=O) groups excluding carboxylic acids is 2. The van der Waals surface area contributed by atoms with Crippen molar-refractivity contribution < 1.29 is 23.8 Å². The number of fused-ring (bicyclic) bond motifs is 1. The van der Waals surface area contributed by atoms with E-state index in [1.165, 1.54) is 24.7 Å². The molecule has 0 radical (unpaired) electrons. The summed E-state index contributed by atoms with van der Waals surface area (Å²) in [7, 11) is 1.46. The zero-order chi connectivity index (χ0) is 25.7. The summed E-state index contributed by atoms with van der Waals surface area (Å²) in [5, 5.41) is 5.13.